The molecule has 1 atom stereocenters. The molecule has 0 fully saturated rings. The molecular weight excluding hydrogens is 198 g/mol. The topological polar surface area (TPSA) is 95.1 Å². The molecule has 1 aromatic rings. The predicted molar refractivity (Wildman–Crippen MR) is 52.1 cm³/mol. The van der Waals surface area contributed by atoms with E-state index in [0.717, 1.165) is 0 Å². The Hall–Kier alpha value is -1.85. The minimum absolute atomic E-state index is 0.209. The fourth-order valence-electron chi connectivity index (χ4n) is 1.11. The molecule has 1 aromatic heterocycles. The summed E-state index contributed by atoms with van der Waals surface area (Å²) >= 11 is 0. The Morgan fingerprint density at radius 3 is 2.87 bits per heavy atom. The van der Waals surface area contributed by atoms with E-state index >= 15 is 0 Å². The molecule has 0 aliphatic carbocycles. The van der Waals surface area contributed by atoms with E-state index in [4.69, 9.17) is 5.11 Å². The summed E-state index contributed by atoms with van der Waals surface area (Å²) in [5, 5.41) is 11.3. The van der Waals surface area contributed by atoms with E-state index in [1.165, 1.54) is 12.5 Å². The molecule has 6 heteroatoms. The Bertz CT molecular complexity index is 334. The summed E-state index contributed by atoms with van der Waals surface area (Å²) in [6.45, 7) is 1.67. The van der Waals surface area contributed by atoms with Crippen molar-refractivity contribution in [1.82, 2.24) is 15.3 Å². The number of carboxylic acids is 1. The molecule has 6 nitrogen and oxygen atoms in total. The van der Waals surface area contributed by atoms with Crippen LogP contribution in [0.1, 0.15) is 19.0 Å². The van der Waals surface area contributed by atoms with Gasteiger partial charge >= 0.3 is 5.97 Å². The summed E-state index contributed by atoms with van der Waals surface area (Å²) in [5.41, 5.74) is 0.679. The lowest BCUT2D eigenvalue weighted by atomic mass is 10.1. The zero-order valence-corrected chi connectivity index (χ0v) is 8.36. The molecule has 0 spiro atoms. The Labute approximate surface area is 86.7 Å². The number of hydrogen-bond acceptors (Lipinski definition) is 3. The highest BCUT2D eigenvalue weighted by Crippen LogP contribution is 1.99. The third-order valence-corrected chi connectivity index (χ3v) is 1.93. The standard InChI is InChI=1S/C9H13N3O3/c1-2-8(13)12-7(9(14)15)3-6-4-10-5-11-6/h4-5,7H,2-3H2,1H3,(H,10,11)(H,12,13)(H,14,15)/t7-/m1/s1. The molecule has 0 aliphatic heterocycles. The van der Waals surface area contributed by atoms with Gasteiger partial charge in [-0.15, -0.1) is 0 Å². The van der Waals surface area contributed by atoms with Gasteiger partial charge in [0.1, 0.15) is 6.04 Å². The number of amides is 1. The lowest BCUT2D eigenvalue weighted by Gasteiger charge is -2.12. The summed E-state index contributed by atoms with van der Waals surface area (Å²) in [4.78, 5) is 28.4. The first kappa shape index (κ1) is 11.2. The number of aromatic amines is 1. The molecule has 0 bridgehead atoms. The van der Waals surface area contributed by atoms with E-state index in [-0.39, 0.29) is 18.7 Å². The molecule has 0 aliphatic rings. The van der Waals surface area contributed by atoms with Crippen LogP contribution in [0, 0.1) is 0 Å². The summed E-state index contributed by atoms with van der Waals surface area (Å²) in [5.74, 6) is -1.33. The number of imidazole rings is 1. The average molecular weight is 211 g/mol. The molecule has 82 valence electrons. The van der Waals surface area contributed by atoms with Crippen molar-refractivity contribution in [2.75, 3.05) is 0 Å². The summed E-state index contributed by atoms with van der Waals surface area (Å²) in [6, 6.07) is -0.905. The summed E-state index contributed by atoms with van der Waals surface area (Å²) in [7, 11) is 0. The van der Waals surface area contributed by atoms with E-state index < -0.39 is 12.0 Å². The van der Waals surface area contributed by atoms with Gasteiger partial charge in [0, 0.05) is 24.7 Å². The van der Waals surface area contributed by atoms with Crippen LogP contribution < -0.4 is 5.32 Å². The average Bonchev–Trinajstić information content (AvgIpc) is 2.69. The molecule has 0 aromatic carbocycles. The van der Waals surface area contributed by atoms with Crippen LogP contribution in [0.2, 0.25) is 0 Å². The van der Waals surface area contributed by atoms with Gasteiger partial charge < -0.3 is 15.4 Å². The van der Waals surface area contributed by atoms with Crippen LogP contribution in [-0.2, 0) is 16.0 Å². The van der Waals surface area contributed by atoms with Crippen LogP contribution >= 0.6 is 0 Å². The number of nitrogens with zero attached hydrogens (tertiary/aromatic N) is 1. The van der Waals surface area contributed by atoms with Crippen molar-refractivity contribution in [3.8, 4) is 0 Å². The molecule has 15 heavy (non-hydrogen) atoms. The first-order chi connectivity index (χ1) is 7.13. The first-order valence-electron chi connectivity index (χ1n) is 4.63. The molecule has 0 radical (unpaired) electrons. The Morgan fingerprint density at radius 1 is 1.67 bits per heavy atom. The number of carboxylic acid groups (broad SMARTS) is 1. The van der Waals surface area contributed by atoms with Crippen LogP contribution in [0.4, 0.5) is 0 Å². The van der Waals surface area contributed by atoms with Crippen LogP contribution in [0.25, 0.3) is 0 Å². The maximum absolute atomic E-state index is 11.1. The first-order valence-corrected chi connectivity index (χ1v) is 4.63. The van der Waals surface area contributed by atoms with E-state index in [0.29, 0.717) is 5.69 Å². The minimum atomic E-state index is -1.05. The van der Waals surface area contributed by atoms with E-state index in [2.05, 4.69) is 15.3 Å². The Kier molecular flexibility index (Phi) is 3.84. The largest absolute Gasteiger partial charge is 0.480 e. The second kappa shape index (κ2) is 5.14. The van der Waals surface area contributed by atoms with Crippen molar-refractivity contribution >= 4 is 11.9 Å². The highest BCUT2D eigenvalue weighted by atomic mass is 16.4. The highest BCUT2D eigenvalue weighted by Gasteiger charge is 2.19. The van der Waals surface area contributed by atoms with Gasteiger partial charge in [-0.3, -0.25) is 4.79 Å². The maximum Gasteiger partial charge on any atom is 0.326 e. The fourth-order valence-corrected chi connectivity index (χ4v) is 1.11. The Balaban J connectivity index is 2.59. The van der Waals surface area contributed by atoms with Crippen molar-refractivity contribution < 1.29 is 14.7 Å². The molecule has 1 heterocycles. The lowest BCUT2D eigenvalue weighted by Crippen LogP contribution is -2.42. The molecule has 0 saturated carbocycles. The van der Waals surface area contributed by atoms with Crippen LogP contribution in [-0.4, -0.2) is 33.0 Å². The van der Waals surface area contributed by atoms with Gasteiger partial charge in [0.15, 0.2) is 0 Å². The van der Waals surface area contributed by atoms with Gasteiger partial charge in [-0.2, -0.15) is 0 Å². The quantitative estimate of drug-likeness (QED) is 0.635. The van der Waals surface area contributed by atoms with Crippen molar-refractivity contribution in [1.29, 1.82) is 0 Å². The number of hydrogen-bond donors (Lipinski definition) is 3. The van der Waals surface area contributed by atoms with E-state index in [9.17, 15) is 9.59 Å². The zero-order valence-electron chi connectivity index (χ0n) is 8.36. The van der Waals surface area contributed by atoms with Crippen LogP contribution in [0.15, 0.2) is 12.5 Å². The predicted octanol–water partition coefficient (Wildman–Crippen LogP) is -0.0684. The van der Waals surface area contributed by atoms with Gasteiger partial charge in [-0.1, -0.05) is 6.92 Å². The highest BCUT2D eigenvalue weighted by molar-refractivity contribution is 5.83. The normalized spacial score (nSPS) is 12.1. The van der Waals surface area contributed by atoms with Gasteiger partial charge in [-0.25, -0.2) is 9.78 Å². The van der Waals surface area contributed by atoms with E-state index in [1.54, 1.807) is 6.92 Å². The minimum Gasteiger partial charge on any atom is -0.480 e. The van der Waals surface area contributed by atoms with E-state index in [1.807, 2.05) is 0 Å². The second-order valence-electron chi connectivity index (χ2n) is 3.09. The molecule has 1 rings (SSSR count). The van der Waals surface area contributed by atoms with Crippen molar-refractivity contribution in [2.45, 2.75) is 25.8 Å². The molecule has 1 amide bonds. The van der Waals surface area contributed by atoms with Crippen LogP contribution in [0.5, 0.6) is 0 Å². The van der Waals surface area contributed by atoms with Crippen molar-refractivity contribution in [3.05, 3.63) is 18.2 Å². The number of carbonyl (C=O) groups excluding carboxylic acids is 1. The maximum atomic E-state index is 11.1. The van der Waals surface area contributed by atoms with Gasteiger partial charge in [0.25, 0.3) is 0 Å². The number of carbonyl (C=O) groups is 2. The summed E-state index contributed by atoms with van der Waals surface area (Å²) in [6.07, 6.45) is 3.48. The lowest BCUT2D eigenvalue weighted by molar-refractivity contribution is -0.141. The fraction of sp³-hybridized carbons (Fsp3) is 0.444. The summed E-state index contributed by atoms with van der Waals surface area (Å²) < 4.78 is 0. The molecule has 0 saturated heterocycles. The SMILES string of the molecule is CCC(=O)N[C@H](Cc1cnc[nH]1)C(=O)O. The van der Waals surface area contributed by atoms with Crippen LogP contribution in [0.3, 0.4) is 0 Å². The molecule has 0 unspecified atom stereocenters. The van der Waals surface area contributed by atoms with Gasteiger partial charge in [-0.05, 0) is 0 Å². The van der Waals surface area contributed by atoms with Crippen molar-refractivity contribution in [2.24, 2.45) is 0 Å². The third kappa shape index (κ3) is 3.41. The van der Waals surface area contributed by atoms with Crippen molar-refractivity contribution in [3.63, 3.8) is 0 Å². The molecule has 3 N–H and O–H groups in total. The Morgan fingerprint density at radius 2 is 2.40 bits per heavy atom. The molecular formula is C9H13N3O3. The zero-order chi connectivity index (χ0) is 11.3. The monoisotopic (exact) mass is 211 g/mol. The smallest absolute Gasteiger partial charge is 0.326 e. The number of aliphatic carboxylic acids is 1. The number of aromatic nitrogens is 2. The number of rotatable bonds is 5. The number of H-pyrrole nitrogens is 1. The second-order valence-corrected chi connectivity index (χ2v) is 3.09. The number of nitrogens with one attached hydrogen (secondary N) is 2. The van der Waals surface area contributed by atoms with Gasteiger partial charge in [0.05, 0.1) is 6.33 Å². The van der Waals surface area contributed by atoms with Gasteiger partial charge in [0.2, 0.25) is 5.91 Å². The third-order valence-electron chi connectivity index (χ3n) is 1.93.